The van der Waals surface area contributed by atoms with Crippen molar-refractivity contribution < 1.29 is 41.0 Å². The predicted molar refractivity (Wildman–Crippen MR) is 151 cm³/mol. The van der Waals surface area contributed by atoms with E-state index in [4.69, 9.17) is 11.5 Å². The minimum absolute atomic E-state index is 0.0924. The number of nitrogens with two attached hydrogens (primary N) is 2. The number of anilines is 4. The summed E-state index contributed by atoms with van der Waals surface area (Å²) in [5.41, 5.74) is 1.47. The Hall–Kier alpha value is -5.60. The van der Waals surface area contributed by atoms with Crippen LogP contribution in [0.15, 0.2) is 90.1 Å². The fraction of sp³-hybridized carbons (Fsp3) is 0.103. The molecular weight excluding hydrogens is 596 g/mol. The van der Waals surface area contributed by atoms with Crippen LogP contribution >= 0.6 is 0 Å². The van der Waals surface area contributed by atoms with E-state index in [0.717, 1.165) is 0 Å². The van der Waals surface area contributed by atoms with Crippen molar-refractivity contribution in [2.45, 2.75) is 17.8 Å². The highest BCUT2D eigenvalue weighted by molar-refractivity contribution is 6.06. The van der Waals surface area contributed by atoms with E-state index in [1.54, 1.807) is 0 Å². The highest BCUT2D eigenvalue weighted by Crippen LogP contribution is 2.57. The van der Waals surface area contributed by atoms with Crippen LogP contribution in [-0.2, 0) is 5.41 Å². The van der Waals surface area contributed by atoms with Gasteiger partial charge < -0.3 is 27.2 Å². The summed E-state index contributed by atoms with van der Waals surface area (Å²) in [5, 5.41) is 17.1. The molecule has 2 amide bonds. The lowest BCUT2D eigenvalue weighted by Gasteiger charge is -2.38. The summed E-state index contributed by atoms with van der Waals surface area (Å²) in [7, 11) is 0. The van der Waals surface area contributed by atoms with E-state index in [-0.39, 0.29) is 22.5 Å². The number of phenols is 1. The van der Waals surface area contributed by atoms with E-state index in [1.807, 2.05) is 0 Å². The van der Waals surface area contributed by atoms with Gasteiger partial charge in [-0.25, -0.2) is 0 Å². The number of nitrogen functional groups attached to an aromatic ring is 2. The van der Waals surface area contributed by atoms with Crippen molar-refractivity contribution in [1.29, 1.82) is 0 Å². The molecule has 0 bridgehead atoms. The number of alkyl halides is 6. The summed E-state index contributed by atoms with van der Waals surface area (Å²) in [4.78, 5) is 36.8. The number of nitrogens with zero attached hydrogens (tertiary/aromatic N) is 1. The minimum atomic E-state index is -6.09. The first-order chi connectivity index (χ1) is 20.6. The molecule has 0 saturated heterocycles. The number of hydrogen-bond donors (Lipinski definition) is 5. The standard InChI is InChI=1S/C29H21F6N5O4/c30-28(31,32)27(29(33,34)35,18-8-10-24(41)23(14-18)39-26(43)16-4-2-6-20(37)12-16)17-7-9-21(40-44)22(13-17)38-25(42)15-3-1-5-19(36)11-15/h1-14,41H,36-37H2,(H,38,42)(H,39,43). The third-order valence-corrected chi connectivity index (χ3v) is 6.60. The van der Waals surface area contributed by atoms with Gasteiger partial charge in [0.25, 0.3) is 11.8 Å². The van der Waals surface area contributed by atoms with Crippen LogP contribution in [-0.4, -0.2) is 29.3 Å². The van der Waals surface area contributed by atoms with Gasteiger partial charge in [0.05, 0.1) is 11.4 Å². The number of nitroso groups, excluding NO2 is 1. The summed E-state index contributed by atoms with van der Waals surface area (Å²) >= 11 is 0. The Labute approximate surface area is 244 Å². The number of benzene rings is 4. The topological polar surface area (TPSA) is 160 Å². The number of phenolic OH excluding ortho intramolecular Hbond substituents is 1. The maximum Gasteiger partial charge on any atom is 0.411 e. The average Bonchev–Trinajstić information content (AvgIpc) is 2.93. The lowest BCUT2D eigenvalue weighted by atomic mass is 9.72. The molecule has 0 fully saturated rings. The molecule has 0 aromatic heterocycles. The van der Waals surface area contributed by atoms with Crippen LogP contribution < -0.4 is 22.1 Å². The lowest BCUT2D eigenvalue weighted by Crippen LogP contribution is -2.54. The Kier molecular flexibility index (Phi) is 8.25. The number of carbonyl (C=O) groups excluding carboxylic acids is 2. The molecule has 0 aliphatic carbocycles. The minimum Gasteiger partial charge on any atom is -0.506 e. The molecule has 9 nitrogen and oxygen atoms in total. The van der Waals surface area contributed by atoms with E-state index in [2.05, 4.69) is 15.8 Å². The third kappa shape index (κ3) is 5.84. The van der Waals surface area contributed by atoms with Crippen LogP contribution in [0.5, 0.6) is 5.75 Å². The summed E-state index contributed by atoms with van der Waals surface area (Å²) in [6, 6.07) is 13.2. The quantitative estimate of drug-likeness (QED) is 0.0659. The molecule has 0 unspecified atom stereocenters. The zero-order valence-corrected chi connectivity index (χ0v) is 22.1. The second kappa shape index (κ2) is 11.6. The molecule has 4 aromatic rings. The monoisotopic (exact) mass is 617 g/mol. The van der Waals surface area contributed by atoms with Crippen molar-refractivity contribution in [1.82, 2.24) is 0 Å². The van der Waals surface area contributed by atoms with Gasteiger partial charge in [0.15, 0.2) is 0 Å². The first kappa shape index (κ1) is 31.3. The molecule has 0 heterocycles. The summed E-state index contributed by atoms with van der Waals surface area (Å²) < 4.78 is 89.2. The van der Waals surface area contributed by atoms with Crippen LogP contribution in [0.1, 0.15) is 31.8 Å². The molecule has 228 valence electrons. The van der Waals surface area contributed by atoms with Crippen LogP contribution in [0, 0.1) is 4.91 Å². The van der Waals surface area contributed by atoms with Gasteiger partial charge in [-0.3, -0.25) is 9.59 Å². The second-order valence-corrected chi connectivity index (χ2v) is 9.46. The average molecular weight is 618 g/mol. The zero-order valence-electron chi connectivity index (χ0n) is 22.1. The first-order valence-corrected chi connectivity index (χ1v) is 12.4. The van der Waals surface area contributed by atoms with Crippen LogP contribution in [0.3, 0.4) is 0 Å². The summed E-state index contributed by atoms with van der Waals surface area (Å²) in [6.45, 7) is 0. The molecule has 7 N–H and O–H groups in total. The smallest absolute Gasteiger partial charge is 0.411 e. The van der Waals surface area contributed by atoms with Gasteiger partial charge in [-0.15, -0.1) is 4.91 Å². The molecule has 44 heavy (non-hydrogen) atoms. The summed E-state index contributed by atoms with van der Waals surface area (Å²) in [5.74, 6) is -2.82. The number of amides is 2. The lowest BCUT2D eigenvalue weighted by molar-refractivity contribution is -0.288. The van der Waals surface area contributed by atoms with Crippen molar-refractivity contribution in [3.63, 3.8) is 0 Å². The van der Waals surface area contributed by atoms with Gasteiger partial charge in [0, 0.05) is 22.5 Å². The number of carbonyl (C=O) groups is 2. The highest BCUT2D eigenvalue weighted by atomic mass is 19.4. The van der Waals surface area contributed by atoms with E-state index in [0.29, 0.717) is 36.4 Å². The largest absolute Gasteiger partial charge is 0.506 e. The van der Waals surface area contributed by atoms with Crippen molar-refractivity contribution in [2.24, 2.45) is 5.18 Å². The van der Waals surface area contributed by atoms with Crippen molar-refractivity contribution in [2.75, 3.05) is 22.1 Å². The number of halogens is 6. The fourth-order valence-electron chi connectivity index (χ4n) is 4.55. The molecule has 0 aliphatic heterocycles. The molecule has 4 aromatic carbocycles. The number of nitrogens with one attached hydrogen (secondary N) is 2. The van der Waals surface area contributed by atoms with Gasteiger partial charge in [-0.05, 0) is 77.0 Å². The number of hydrogen-bond acceptors (Lipinski definition) is 7. The molecular formula is C29H21F6N5O4. The SMILES string of the molecule is Nc1cccc(C(=O)Nc2cc(C(c3ccc(N=O)c(NC(=O)c4cccc(N)c4)c3)(C(F)(F)F)C(F)(F)F)ccc2O)c1. The van der Waals surface area contributed by atoms with Crippen molar-refractivity contribution >= 4 is 40.3 Å². The molecule has 0 spiro atoms. The Morgan fingerprint density at radius 1 is 0.659 bits per heavy atom. The van der Waals surface area contributed by atoms with Crippen LogP contribution in [0.4, 0.5) is 54.8 Å². The van der Waals surface area contributed by atoms with E-state index < -0.39 is 63.5 Å². The number of aromatic hydroxyl groups is 1. The van der Waals surface area contributed by atoms with E-state index in [9.17, 15) is 45.9 Å². The van der Waals surface area contributed by atoms with E-state index in [1.165, 1.54) is 48.5 Å². The van der Waals surface area contributed by atoms with E-state index >= 15 is 0 Å². The van der Waals surface area contributed by atoms with Crippen LogP contribution in [0.2, 0.25) is 0 Å². The Balaban J connectivity index is 1.89. The fourth-order valence-corrected chi connectivity index (χ4v) is 4.55. The Bertz CT molecular complexity index is 1740. The highest BCUT2D eigenvalue weighted by Gasteiger charge is 2.72. The molecule has 0 aliphatic rings. The molecule has 4 rings (SSSR count). The number of rotatable bonds is 7. The maximum absolute atomic E-state index is 14.9. The van der Waals surface area contributed by atoms with Gasteiger partial charge in [0.1, 0.15) is 11.4 Å². The second-order valence-electron chi connectivity index (χ2n) is 9.46. The maximum atomic E-state index is 14.9. The van der Waals surface area contributed by atoms with Gasteiger partial charge in [-0.2, -0.15) is 26.3 Å². The van der Waals surface area contributed by atoms with Crippen LogP contribution in [0.25, 0.3) is 0 Å². The normalized spacial score (nSPS) is 12.0. The van der Waals surface area contributed by atoms with Gasteiger partial charge in [-0.1, -0.05) is 24.3 Å². The van der Waals surface area contributed by atoms with Gasteiger partial charge in [0.2, 0.25) is 5.41 Å². The van der Waals surface area contributed by atoms with Gasteiger partial charge >= 0.3 is 12.4 Å². The molecule has 15 heteroatoms. The first-order valence-electron chi connectivity index (χ1n) is 12.4. The zero-order chi connectivity index (χ0) is 32.4. The molecule has 0 radical (unpaired) electrons. The molecule has 0 saturated carbocycles. The van der Waals surface area contributed by atoms with Crippen molar-refractivity contribution in [3.05, 3.63) is 112 Å². The Morgan fingerprint density at radius 3 is 1.57 bits per heavy atom. The molecule has 0 atom stereocenters. The Morgan fingerprint density at radius 2 is 1.11 bits per heavy atom. The predicted octanol–water partition coefficient (Wildman–Crippen LogP) is 6.87. The van der Waals surface area contributed by atoms with Crippen molar-refractivity contribution in [3.8, 4) is 5.75 Å². The third-order valence-electron chi connectivity index (χ3n) is 6.60. The summed E-state index contributed by atoms with van der Waals surface area (Å²) in [6.07, 6.45) is -12.2.